The van der Waals surface area contributed by atoms with Gasteiger partial charge < -0.3 is 4.57 Å². The highest BCUT2D eigenvalue weighted by Crippen LogP contribution is 2.16. The molecule has 1 aromatic heterocycles. The average molecular weight is 349 g/mol. The van der Waals surface area contributed by atoms with Gasteiger partial charge in [-0.05, 0) is 31.2 Å². The molecule has 0 unspecified atom stereocenters. The summed E-state index contributed by atoms with van der Waals surface area (Å²) in [5, 5.41) is 8.52. The van der Waals surface area contributed by atoms with E-state index in [-0.39, 0.29) is 11.3 Å². The van der Waals surface area contributed by atoms with Gasteiger partial charge in [-0.1, -0.05) is 17.8 Å². The summed E-state index contributed by atoms with van der Waals surface area (Å²) in [4.78, 5) is 23.6. The normalized spacial score (nSPS) is 10.2. The molecule has 2 N–H and O–H groups in total. The molecule has 126 valence electrons. The number of benzene rings is 1. The maximum Gasteiger partial charge on any atom is 0.269 e. The zero-order valence-corrected chi connectivity index (χ0v) is 13.8. The topological polar surface area (TPSA) is 88.9 Å². The number of aryl methyl sites for hydroxylation is 1. The number of thioether (sulfide) groups is 1. The number of nitrogens with zero attached hydrogens (tertiary/aromatic N) is 3. The Bertz CT molecular complexity index is 745. The summed E-state index contributed by atoms with van der Waals surface area (Å²) in [5.41, 5.74) is 4.80. The van der Waals surface area contributed by atoms with Crippen molar-refractivity contribution in [3.63, 3.8) is 0 Å². The number of carbonyl (C=O) groups excluding carboxylic acids is 2. The first-order valence-electron chi connectivity index (χ1n) is 6.99. The summed E-state index contributed by atoms with van der Waals surface area (Å²) in [6.07, 6.45) is 1.71. The van der Waals surface area contributed by atoms with E-state index in [2.05, 4.69) is 27.6 Å². The van der Waals surface area contributed by atoms with E-state index in [0.29, 0.717) is 11.7 Å². The molecule has 0 atom stereocenters. The van der Waals surface area contributed by atoms with Crippen molar-refractivity contribution in [2.24, 2.45) is 0 Å². The Morgan fingerprint density at radius 3 is 2.67 bits per heavy atom. The van der Waals surface area contributed by atoms with Gasteiger partial charge in [-0.25, -0.2) is 4.39 Å². The number of carbonyl (C=O) groups is 2. The first kappa shape index (κ1) is 17.7. The molecule has 7 nitrogen and oxygen atoms in total. The van der Waals surface area contributed by atoms with Gasteiger partial charge in [0.15, 0.2) is 5.16 Å². The van der Waals surface area contributed by atoms with E-state index in [9.17, 15) is 14.0 Å². The maximum absolute atomic E-state index is 12.8. The summed E-state index contributed by atoms with van der Waals surface area (Å²) in [7, 11) is 0. The van der Waals surface area contributed by atoms with Crippen molar-refractivity contribution in [1.29, 1.82) is 0 Å². The second-order valence-corrected chi connectivity index (χ2v) is 5.67. The molecule has 2 amide bonds. The molecular weight excluding hydrogens is 333 g/mol. The van der Waals surface area contributed by atoms with Gasteiger partial charge in [-0.2, -0.15) is 0 Å². The van der Waals surface area contributed by atoms with E-state index in [0.717, 1.165) is 5.82 Å². The predicted molar refractivity (Wildman–Crippen MR) is 87.7 cm³/mol. The van der Waals surface area contributed by atoms with Gasteiger partial charge in [0.2, 0.25) is 5.91 Å². The van der Waals surface area contributed by atoms with Gasteiger partial charge in [-0.15, -0.1) is 16.8 Å². The molecule has 1 heterocycles. The second-order valence-electron chi connectivity index (χ2n) is 4.73. The van der Waals surface area contributed by atoms with Crippen LogP contribution in [-0.2, 0) is 11.3 Å². The molecule has 0 aliphatic heterocycles. The number of amides is 2. The van der Waals surface area contributed by atoms with E-state index >= 15 is 0 Å². The Labute approximate surface area is 142 Å². The van der Waals surface area contributed by atoms with Crippen LogP contribution in [0.2, 0.25) is 0 Å². The van der Waals surface area contributed by atoms with Crippen LogP contribution in [-0.4, -0.2) is 32.3 Å². The lowest BCUT2D eigenvalue weighted by Gasteiger charge is -2.08. The Kier molecular flexibility index (Phi) is 6.07. The van der Waals surface area contributed by atoms with Crippen LogP contribution in [0.5, 0.6) is 0 Å². The maximum atomic E-state index is 12.8. The predicted octanol–water partition coefficient (Wildman–Crippen LogP) is 1.46. The highest BCUT2D eigenvalue weighted by molar-refractivity contribution is 7.99. The van der Waals surface area contributed by atoms with Crippen LogP contribution in [0, 0.1) is 12.7 Å². The monoisotopic (exact) mass is 349 g/mol. The van der Waals surface area contributed by atoms with Crippen LogP contribution in [0.15, 0.2) is 42.1 Å². The fourth-order valence-electron chi connectivity index (χ4n) is 1.77. The number of allylic oxidation sites excluding steroid dienone is 1. The molecule has 0 aliphatic rings. The van der Waals surface area contributed by atoms with Gasteiger partial charge in [-0.3, -0.25) is 20.4 Å². The second kappa shape index (κ2) is 8.25. The third kappa shape index (κ3) is 4.66. The fourth-order valence-corrected chi connectivity index (χ4v) is 2.57. The molecule has 0 aliphatic carbocycles. The number of hydrogen-bond acceptors (Lipinski definition) is 5. The molecule has 0 bridgehead atoms. The lowest BCUT2D eigenvalue weighted by atomic mass is 10.2. The Balaban J connectivity index is 1.82. The van der Waals surface area contributed by atoms with Crippen LogP contribution in [0.1, 0.15) is 16.2 Å². The highest BCUT2D eigenvalue weighted by atomic mass is 32.2. The molecule has 24 heavy (non-hydrogen) atoms. The molecule has 9 heteroatoms. The van der Waals surface area contributed by atoms with Crippen molar-refractivity contribution >= 4 is 23.6 Å². The van der Waals surface area contributed by atoms with E-state index in [1.54, 1.807) is 6.08 Å². The summed E-state index contributed by atoms with van der Waals surface area (Å²) < 4.78 is 14.6. The molecule has 1 aromatic carbocycles. The average Bonchev–Trinajstić information content (AvgIpc) is 2.92. The first-order chi connectivity index (χ1) is 11.5. The van der Waals surface area contributed by atoms with Gasteiger partial charge in [0, 0.05) is 12.1 Å². The van der Waals surface area contributed by atoms with Gasteiger partial charge in [0.25, 0.3) is 5.91 Å². The lowest BCUT2D eigenvalue weighted by Crippen LogP contribution is -2.42. The molecule has 0 saturated carbocycles. The Morgan fingerprint density at radius 1 is 1.29 bits per heavy atom. The minimum absolute atomic E-state index is 0.0545. The SMILES string of the molecule is C=CCn1c(C)nnc1SCC(=O)NNC(=O)c1ccc(F)cc1. The molecule has 2 aromatic rings. The summed E-state index contributed by atoms with van der Waals surface area (Å²) in [6, 6.07) is 4.99. The number of rotatable bonds is 6. The largest absolute Gasteiger partial charge is 0.302 e. The van der Waals surface area contributed by atoms with Crippen molar-refractivity contribution in [2.45, 2.75) is 18.6 Å². The molecule has 2 rings (SSSR count). The standard InChI is InChI=1S/C15H16FN5O2S/c1-3-8-21-10(2)17-20-15(21)24-9-13(22)18-19-14(23)11-4-6-12(16)7-5-11/h3-7H,1,8-9H2,2H3,(H,18,22)(H,19,23). The zero-order valence-electron chi connectivity index (χ0n) is 13.0. The number of nitrogens with one attached hydrogen (secondary N) is 2. The van der Waals surface area contributed by atoms with Crippen molar-refractivity contribution in [2.75, 3.05) is 5.75 Å². The fraction of sp³-hybridized carbons (Fsp3) is 0.200. The quantitative estimate of drug-likeness (QED) is 0.468. The summed E-state index contributed by atoms with van der Waals surface area (Å²) >= 11 is 1.19. The number of hydrazine groups is 1. The van der Waals surface area contributed by atoms with Gasteiger partial charge in [0.1, 0.15) is 11.6 Å². The molecule has 0 fully saturated rings. The van der Waals surface area contributed by atoms with Crippen molar-refractivity contribution in [3.05, 3.63) is 54.1 Å². The minimum Gasteiger partial charge on any atom is -0.302 e. The van der Waals surface area contributed by atoms with E-state index in [1.807, 2.05) is 11.5 Å². The Hall–Kier alpha value is -2.68. The van der Waals surface area contributed by atoms with Crippen molar-refractivity contribution in [1.82, 2.24) is 25.6 Å². The van der Waals surface area contributed by atoms with Crippen LogP contribution >= 0.6 is 11.8 Å². The van der Waals surface area contributed by atoms with E-state index in [4.69, 9.17) is 0 Å². The smallest absolute Gasteiger partial charge is 0.269 e. The Morgan fingerprint density at radius 2 is 2.00 bits per heavy atom. The van der Waals surface area contributed by atoms with Crippen LogP contribution in [0.3, 0.4) is 0 Å². The number of aromatic nitrogens is 3. The summed E-state index contributed by atoms with van der Waals surface area (Å²) in [5.74, 6) is -0.590. The third-order valence-electron chi connectivity index (χ3n) is 2.97. The van der Waals surface area contributed by atoms with Crippen LogP contribution in [0.4, 0.5) is 4.39 Å². The van der Waals surface area contributed by atoms with Crippen molar-refractivity contribution < 1.29 is 14.0 Å². The third-order valence-corrected chi connectivity index (χ3v) is 3.93. The molecular formula is C15H16FN5O2S. The molecule has 0 radical (unpaired) electrons. The van der Waals surface area contributed by atoms with Gasteiger partial charge in [0.05, 0.1) is 5.75 Å². The minimum atomic E-state index is -0.529. The summed E-state index contributed by atoms with van der Waals surface area (Å²) in [6.45, 7) is 6.01. The molecule has 0 saturated heterocycles. The number of hydrogen-bond donors (Lipinski definition) is 2. The first-order valence-corrected chi connectivity index (χ1v) is 7.98. The van der Waals surface area contributed by atoms with Crippen LogP contribution < -0.4 is 10.9 Å². The zero-order chi connectivity index (χ0) is 17.5. The van der Waals surface area contributed by atoms with Crippen molar-refractivity contribution in [3.8, 4) is 0 Å². The van der Waals surface area contributed by atoms with E-state index < -0.39 is 17.6 Å². The lowest BCUT2D eigenvalue weighted by molar-refractivity contribution is -0.119. The number of halogens is 1. The molecule has 0 spiro atoms. The van der Waals surface area contributed by atoms with Gasteiger partial charge >= 0.3 is 0 Å². The van der Waals surface area contributed by atoms with E-state index in [1.165, 1.54) is 36.0 Å². The highest BCUT2D eigenvalue weighted by Gasteiger charge is 2.12. The van der Waals surface area contributed by atoms with Crippen LogP contribution in [0.25, 0.3) is 0 Å².